The van der Waals surface area contributed by atoms with Crippen LogP contribution >= 0.6 is 24.4 Å². The predicted molar refractivity (Wildman–Crippen MR) is 48.3 cm³/mol. The standard InChI is InChI=1S/2CH3NS2.Mo/c2*2-1(3)4;/h2*(H3,2,3,4);/q;;+2/p-2. The molecule has 0 aromatic carbocycles. The molecule has 4 N–H and O–H groups in total. The van der Waals surface area contributed by atoms with Crippen LogP contribution in [-0.4, -0.2) is 8.64 Å². The van der Waals surface area contributed by atoms with E-state index < -0.39 is 0 Å². The van der Waals surface area contributed by atoms with Crippen LogP contribution in [0.1, 0.15) is 0 Å². The Morgan fingerprint density at radius 1 is 1.00 bits per heavy atom. The number of hydrogen-bond acceptors (Lipinski definition) is 4. The molecule has 0 aliphatic heterocycles. The first-order valence-corrected chi connectivity index (χ1v) is 3.03. The number of nitrogens with two attached hydrogens (primary N) is 2. The second kappa shape index (κ2) is 11.7. The SMILES string of the molecule is NC(=S)[S-].NC(=S)[S-].[Mo+2]. The molecule has 0 radical (unpaired) electrons. The van der Waals surface area contributed by atoms with E-state index in [0.29, 0.717) is 0 Å². The van der Waals surface area contributed by atoms with Gasteiger partial charge in [-0.2, -0.15) is 0 Å². The fourth-order valence-electron chi connectivity index (χ4n) is 0. The van der Waals surface area contributed by atoms with Gasteiger partial charge in [0.1, 0.15) is 0 Å². The first kappa shape index (κ1) is 16.5. The minimum absolute atomic E-state index is 0. The molecule has 0 atom stereocenters. The van der Waals surface area contributed by atoms with Crippen LogP contribution in [0.25, 0.3) is 0 Å². The van der Waals surface area contributed by atoms with Crippen molar-refractivity contribution in [1.29, 1.82) is 0 Å². The molecular formula is C2H4MoN2S4. The fraction of sp³-hybridized carbons (Fsp3) is 0. The molecular weight excluding hydrogens is 276 g/mol. The first-order valence-electron chi connectivity index (χ1n) is 1.39. The van der Waals surface area contributed by atoms with E-state index in [2.05, 4.69) is 61.2 Å². The van der Waals surface area contributed by atoms with Gasteiger partial charge in [-0.3, -0.25) is 0 Å². The summed E-state index contributed by atoms with van der Waals surface area (Å²) in [4.78, 5) is 0. The summed E-state index contributed by atoms with van der Waals surface area (Å²) in [5, 5.41) is 0. The van der Waals surface area contributed by atoms with Crippen LogP contribution in [0.5, 0.6) is 0 Å². The van der Waals surface area contributed by atoms with Gasteiger partial charge in [-0.05, 0) is 0 Å². The smallest absolute Gasteiger partial charge is 0.415 e. The van der Waals surface area contributed by atoms with Crippen LogP contribution in [0.15, 0.2) is 0 Å². The summed E-state index contributed by atoms with van der Waals surface area (Å²) >= 11 is 16.5. The summed E-state index contributed by atoms with van der Waals surface area (Å²) in [6, 6.07) is 0. The zero-order valence-corrected chi connectivity index (χ0v) is 9.47. The summed E-state index contributed by atoms with van der Waals surface area (Å²) in [7, 11) is 0. The van der Waals surface area contributed by atoms with Crippen molar-refractivity contribution in [3.63, 3.8) is 0 Å². The van der Waals surface area contributed by atoms with Crippen LogP contribution in [-0.2, 0) is 46.3 Å². The molecule has 9 heavy (non-hydrogen) atoms. The Morgan fingerprint density at radius 3 is 1.00 bits per heavy atom. The van der Waals surface area contributed by atoms with Crippen molar-refractivity contribution in [2.45, 2.75) is 0 Å². The van der Waals surface area contributed by atoms with Gasteiger partial charge in [0.05, 0.1) is 0 Å². The molecule has 7 heteroatoms. The zero-order valence-electron chi connectivity index (χ0n) is 4.20. The Labute approximate surface area is 90.2 Å². The van der Waals surface area contributed by atoms with Crippen molar-refractivity contribution < 1.29 is 21.1 Å². The van der Waals surface area contributed by atoms with Gasteiger partial charge in [-0.15, -0.1) is 0 Å². The Hall–Kier alpha value is 0.908. The minimum Gasteiger partial charge on any atom is -0.415 e. The molecule has 0 aromatic rings. The minimum atomic E-state index is 0. The van der Waals surface area contributed by atoms with Crippen molar-refractivity contribution in [3.8, 4) is 0 Å². The zero-order chi connectivity index (χ0) is 7.15. The van der Waals surface area contributed by atoms with Crippen LogP contribution in [0.2, 0.25) is 0 Å². The monoisotopic (exact) mass is 282 g/mol. The van der Waals surface area contributed by atoms with Crippen molar-refractivity contribution >= 4 is 58.3 Å². The van der Waals surface area contributed by atoms with E-state index in [-0.39, 0.29) is 29.7 Å². The molecule has 0 aliphatic rings. The average Bonchev–Trinajstić information content (AvgIpc) is 1.25. The van der Waals surface area contributed by atoms with Crippen LogP contribution < -0.4 is 11.5 Å². The molecule has 0 rings (SSSR count). The molecule has 0 saturated heterocycles. The van der Waals surface area contributed by atoms with E-state index in [9.17, 15) is 0 Å². The fourth-order valence-corrected chi connectivity index (χ4v) is 0. The quantitative estimate of drug-likeness (QED) is 0.356. The van der Waals surface area contributed by atoms with Crippen molar-refractivity contribution in [2.75, 3.05) is 0 Å². The maximum absolute atomic E-state index is 4.66. The largest absolute Gasteiger partial charge is 2.00 e. The molecule has 0 aromatic heterocycles. The molecule has 0 bridgehead atoms. The summed E-state index contributed by atoms with van der Waals surface area (Å²) < 4.78 is 0.167. The maximum atomic E-state index is 4.66. The number of thiocarbonyl (C=S) groups is 2. The summed E-state index contributed by atoms with van der Waals surface area (Å²) in [6.45, 7) is 0. The average molecular weight is 280 g/mol. The van der Waals surface area contributed by atoms with Crippen LogP contribution in [0, 0.1) is 0 Å². The van der Waals surface area contributed by atoms with E-state index >= 15 is 0 Å². The Bertz CT molecular complexity index is 74.6. The Kier molecular flexibility index (Phi) is 21.4. The number of hydrogen-bond donors (Lipinski definition) is 2. The van der Waals surface area contributed by atoms with Gasteiger partial charge in [0.25, 0.3) is 0 Å². The number of rotatable bonds is 0. The van der Waals surface area contributed by atoms with Gasteiger partial charge in [-0.25, -0.2) is 0 Å². The summed E-state index contributed by atoms with van der Waals surface area (Å²) in [5.41, 5.74) is 9.31. The van der Waals surface area contributed by atoms with Gasteiger partial charge >= 0.3 is 21.1 Å². The van der Waals surface area contributed by atoms with Crippen molar-refractivity contribution in [1.82, 2.24) is 0 Å². The third-order valence-corrected chi connectivity index (χ3v) is 0. The molecule has 2 nitrogen and oxygen atoms in total. The van der Waals surface area contributed by atoms with Gasteiger partial charge < -0.3 is 61.2 Å². The van der Waals surface area contributed by atoms with Crippen LogP contribution in [0.4, 0.5) is 0 Å². The topological polar surface area (TPSA) is 52.0 Å². The third-order valence-electron chi connectivity index (χ3n) is 0. The summed E-state index contributed by atoms with van der Waals surface area (Å²) in [5.74, 6) is 0. The molecule has 0 aliphatic carbocycles. The predicted octanol–water partition coefficient (Wildman–Crippen LogP) is -0.449. The molecule has 0 spiro atoms. The Morgan fingerprint density at radius 2 is 1.00 bits per heavy atom. The molecule has 0 fully saturated rings. The third kappa shape index (κ3) is 515. The normalized spacial score (nSPS) is 5.33. The van der Waals surface area contributed by atoms with Gasteiger partial charge in [0.2, 0.25) is 0 Å². The molecule has 0 saturated carbocycles. The second-order valence-corrected chi connectivity index (χ2v) is 2.91. The van der Waals surface area contributed by atoms with E-state index in [1.807, 2.05) is 0 Å². The van der Waals surface area contributed by atoms with Gasteiger partial charge in [0, 0.05) is 0 Å². The van der Waals surface area contributed by atoms with Crippen molar-refractivity contribution in [2.24, 2.45) is 11.5 Å². The Balaban J connectivity index is -0.0000000720. The molecule has 0 unspecified atom stereocenters. The van der Waals surface area contributed by atoms with E-state index in [4.69, 9.17) is 0 Å². The summed E-state index contributed by atoms with van der Waals surface area (Å²) in [6.07, 6.45) is 0. The molecule has 0 amide bonds. The maximum Gasteiger partial charge on any atom is 2.00 e. The van der Waals surface area contributed by atoms with Crippen LogP contribution in [0.3, 0.4) is 0 Å². The van der Waals surface area contributed by atoms with Gasteiger partial charge in [0.15, 0.2) is 0 Å². The van der Waals surface area contributed by atoms with Crippen molar-refractivity contribution in [3.05, 3.63) is 0 Å². The second-order valence-electron chi connectivity index (χ2n) is 0.638. The van der Waals surface area contributed by atoms with E-state index in [0.717, 1.165) is 0 Å². The van der Waals surface area contributed by atoms with E-state index in [1.165, 1.54) is 0 Å². The van der Waals surface area contributed by atoms with E-state index in [1.54, 1.807) is 0 Å². The first-order chi connectivity index (χ1) is 3.46. The molecule has 0 heterocycles. The van der Waals surface area contributed by atoms with Gasteiger partial charge in [-0.1, -0.05) is 8.64 Å². The molecule has 52 valence electrons.